The van der Waals surface area contributed by atoms with E-state index in [4.69, 9.17) is 25.5 Å². The molecule has 0 bridgehead atoms. The minimum absolute atomic E-state index is 0.0135. The minimum atomic E-state index is -0.730. The maximum Gasteiger partial charge on any atom is 0.295 e. The van der Waals surface area contributed by atoms with Crippen molar-refractivity contribution in [1.82, 2.24) is 0 Å². The Kier molecular flexibility index (Phi) is 5.59. The van der Waals surface area contributed by atoms with Crippen LogP contribution in [0, 0.1) is 0 Å². The van der Waals surface area contributed by atoms with Gasteiger partial charge in [0.25, 0.3) is 5.91 Å². The van der Waals surface area contributed by atoms with Crippen molar-refractivity contribution in [2.24, 2.45) is 0 Å². The molecule has 34 heavy (non-hydrogen) atoms. The third-order valence-corrected chi connectivity index (χ3v) is 5.96. The fraction of sp³-hybridized carbons (Fsp3) is 0.111. The van der Waals surface area contributed by atoms with Gasteiger partial charge in [-0.25, -0.2) is 0 Å². The highest BCUT2D eigenvalue weighted by Crippen LogP contribution is 2.43. The van der Waals surface area contributed by atoms with Crippen molar-refractivity contribution in [3.63, 3.8) is 0 Å². The fourth-order valence-electron chi connectivity index (χ4n) is 4.24. The number of ether oxygens (including phenoxy) is 2. The van der Waals surface area contributed by atoms with Crippen LogP contribution in [0.2, 0.25) is 5.02 Å². The number of benzene rings is 3. The van der Waals surface area contributed by atoms with Gasteiger partial charge in [0.05, 0.1) is 24.1 Å². The predicted octanol–water partition coefficient (Wildman–Crippen LogP) is 5.77. The van der Waals surface area contributed by atoms with E-state index < -0.39 is 11.9 Å². The number of halogens is 1. The lowest BCUT2D eigenvalue weighted by Crippen LogP contribution is -2.29. The average Bonchev–Trinajstić information content (AvgIpc) is 3.16. The van der Waals surface area contributed by atoms with Gasteiger partial charge in [-0.15, -0.1) is 0 Å². The van der Waals surface area contributed by atoms with Gasteiger partial charge in [0.2, 0.25) is 5.76 Å². The molecule has 1 aromatic heterocycles. The van der Waals surface area contributed by atoms with E-state index in [9.17, 15) is 9.59 Å². The lowest BCUT2D eigenvalue weighted by atomic mass is 9.97. The number of hydrogen-bond donors (Lipinski definition) is 0. The Balaban J connectivity index is 1.76. The third kappa shape index (κ3) is 3.53. The molecule has 6 nitrogen and oxygen atoms in total. The molecule has 1 amide bonds. The van der Waals surface area contributed by atoms with Gasteiger partial charge in [-0.05, 0) is 48.0 Å². The summed E-state index contributed by atoms with van der Waals surface area (Å²) in [6.07, 6.45) is 1.64. The van der Waals surface area contributed by atoms with Crippen molar-refractivity contribution in [2.45, 2.75) is 6.04 Å². The van der Waals surface area contributed by atoms with E-state index in [1.807, 2.05) is 36.4 Å². The van der Waals surface area contributed by atoms with Gasteiger partial charge in [-0.2, -0.15) is 0 Å². The smallest absolute Gasteiger partial charge is 0.295 e. The van der Waals surface area contributed by atoms with Crippen molar-refractivity contribution in [3.05, 3.63) is 112 Å². The molecule has 0 fully saturated rings. The second-order valence-corrected chi connectivity index (χ2v) is 8.17. The van der Waals surface area contributed by atoms with E-state index in [2.05, 4.69) is 6.58 Å². The quantitative estimate of drug-likeness (QED) is 0.332. The van der Waals surface area contributed by atoms with E-state index in [1.54, 1.807) is 41.3 Å². The van der Waals surface area contributed by atoms with Crippen LogP contribution in [0.15, 0.2) is 88.6 Å². The van der Waals surface area contributed by atoms with E-state index in [0.29, 0.717) is 45.3 Å². The Morgan fingerprint density at radius 3 is 2.59 bits per heavy atom. The number of nitrogens with zero attached hydrogens (tertiary/aromatic N) is 1. The summed E-state index contributed by atoms with van der Waals surface area (Å²) < 4.78 is 17.2. The van der Waals surface area contributed by atoms with Crippen LogP contribution >= 0.6 is 11.6 Å². The first kappa shape index (κ1) is 21.8. The molecule has 0 radical (unpaired) electrons. The number of amides is 1. The molecule has 7 heteroatoms. The maximum atomic E-state index is 13.7. The van der Waals surface area contributed by atoms with E-state index in [-0.39, 0.29) is 16.8 Å². The zero-order valence-corrected chi connectivity index (χ0v) is 19.0. The molecule has 1 unspecified atom stereocenters. The number of hydrogen-bond acceptors (Lipinski definition) is 5. The van der Waals surface area contributed by atoms with Gasteiger partial charge in [0, 0.05) is 10.7 Å². The van der Waals surface area contributed by atoms with Crippen molar-refractivity contribution >= 4 is 34.2 Å². The number of methoxy groups -OCH3 is 1. The second-order valence-electron chi connectivity index (χ2n) is 7.74. The lowest BCUT2D eigenvalue weighted by Gasteiger charge is -2.25. The van der Waals surface area contributed by atoms with Crippen molar-refractivity contribution in [1.29, 1.82) is 0 Å². The lowest BCUT2D eigenvalue weighted by molar-refractivity contribution is 0.0971. The standard InChI is InChI=1S/C27H20ClNO5/c1-3-13-33-21-11-9-16(14-22(21)32-2)24-23-25(30)19-15-17(28)10-12-20(19)34-26(23)27(31)29(24)18-7-5-4-6-8-18/h3-12,14-15,24H,1,13H2,2H3. The first-order valence-corrected chi connectivity index (χ1v) is 11.0. The maximum absolute atomic E-state index is 13.7. The van der Waals surface area contributed by atoms with Gasteiger partial charge >= 0.3 is 0 Å². The zero-order valence-electron chi connectivity index (χ0n) is 18.3. The van der Waals surface area contributed by atoms with Gasteiger partial charge in [0.15, 0.2) is 16.9 Å². The first-order chi connectivity index (χ1) is 16.5. The summed E-state index contributed by atoms with van der Waals surface area (Å²) in [7, 11) is 1.53. The predicted molar refractivity (Wildman–Crippen MR) is 131 cm³/mol. The molecule has 5 rings (SSSR count). The Labute approximate surface area is 200 Å². The van der Waals surface area contributed by atoms with Crippen LogP contribution in [-0.2, 0) is 0 Å². The highest BCUT2D eigenvalue weighted by atomic mass is 35.5. The van der Waals surface area contributed by atoms with Gasteiger partial charge < -0.3 is 13.9 Å². The molecule has 2 heterocycles. The van der Waals surface area contributed by atoms with Crippen LogP contribution in [0.4, 0.5) is 5.69 Å². The highest BCUT2D eigenvalue weighted by molar-refractivity contribution is 6.31. The summed E-state index contributed by atoms with van der Waals surface area (Å²) >= 11 is 6.15. The molecule has 4 aromatic rings. The molecule has 3 aromatic carbocycles. The monoisotopic (exact) mass is 473 g/mol. The Morgan fingerprint density at radius 1 is 1.06 bits per heavy atom. The third-order valence-electron chi connectivity index (χ3n) is 5.73. The summed E-state index contributed by atoms with van der Waals surface area (Å²) in [5.41, 5.74) is 1.57. The van der Waals surface area contributed by atoms with Gasteiger partial charge in [-0.3, -0.25) is 14.5 Å². The summed E-state index contributed by atoms with van der Waals surface area (Å²) in [5.74, 6) is 0.617. The fourth-order valence-corrected chi connectivity index (χ4v) is 4.41. The molecule has 1 aliphatic rings. The summed E-state index contributed by atoms with van der Waals surface area (Å²) in [6.45, 7) is 3.98. The van der Waals surface area contributed by atoms with E-state index in [0.717, 1.165) is 0 Å². The Bertz CT molecular complexity index is 1480. The molecule has 0 aliphatic carbocycles. The van der Waals surface area contributed by atoms with Crippen LogP contribution in [0.25, 0.3) is 11.0 Å². The Hall–Kier alpha value is -4.03. The number of fused-ring (bicyclic) bond motifs is 2. The zero-order chi connectivity index (χ0) is 23.8. The number of para-hydroxylation sites is 1. The average molecular weight is 474 g/mol. The van der Waals surface area contributed by atoms with E-state index >= 15 is 0 Å². The number of carbonyl (C=O) groups excluding carboxylic acids is 1. The highest BCUT2D eigenvalue weighted by Gasteiger charge is 2.43. The molecule has 0 saturated carbocycles. The normalized spacial score (nSPS) is 14.8. The van der Waals surface area contributed by atoms with Crippen LogP contribution in [0.5, 0.6) is 11.5 Å². The summed E-state index contributed by atoms with van der Waals surface area (Å²) in [6, 6.07) is 18.5. The molecule has 0 N–H and O–H groups in total. The van der Waals surface area contributed by atoms with Crippen LogP contribution < -0.4 is 19.8 Å². The molecule has 1 aliphatic heterocycles. The minimum Gasteiger partial charge on any atom is -0.493 e. The number of carbonyl (C=O) groups is 1. The topological polar surface area (TPSA) is 69.0 Å². The SMILES string of the molecule is C=CCOc1ccc(C2c3c(oc4ccc(Cl)cc4c3=O)C(=O)N2c2ccccc2)cc1OC. The van der Waals surface area contributed by atoms with Gasteiger partial charge in [-0.1, -0.05) is 48.5 Å². The molecular formula is C27H20ClNO5. The number of anilines is 1. The second kappa shape index (κ2) is 8.72. The molecule has 170 valence electrons. The van der Waals surface area contributed by atoms with Gasteiger partial charge in [0.1, 0.15) is 12.2 Å². The molecule has 0 spiro atoms. The largest absolute Gasteiger partial charge is 0.493 e. The summed E-state index contributed by atoms with van der Waals surface area (Å²) in [5, 5.41) is 0.725. The molecule has 1 atom stereocenters. The van der Waals surface area contributed by atoms with Crippen LogP contribution in [0.3, 0.4) is 0 Å². The Morgan fingerprint density at radius 2 is 1.85 bits per heavy atom. The molecular weight excluding hydrogens is 454 g/mol. The van der Waals surface area contributed by atoms with Crippen LogP contribution in [-0.4, -0.2) is 19.6 Å². The van der Waals surface area contributed by atoms with Crippen molar-refractivity contribution < 1.29 is 18.7 Å². The summed E-state index contributed by atoms with van der Waals surface area (Å²) in [4.78, 5) is 28.8. The first-order valence-electron chi connectivity index (χ1n) is 10.6. The van der Waals surface area contributed by atoms with Crippen LogP contribution in [0.1, 0.15) is 27.7 Å². The molecule has 0 saturated heterocycles. The van der Waals surface area contributed by atoms with E-state index in [1.165, 1.54) is 7.11 Å². The number of rotatable bonds is 6. The van der Waals surface area contributed by atoms with Crippen molar-refractivity contribution in [2.75, 3.05) is 18.6 Å². The van der Waals surface area contributed by atoms with Crippen molar-refractivity contribution in [3.8, 4) is 11.5 Å².